The molecule has 20 heavy (non-hydrogen) atoms. The van der Waals surface area contributed by atoms with Crippen LogP contribution < -0.4 is 14.8 Å². The summed E-state index contributed by atoms with van der Waals surface area (Å²) in [6, 6.07) is 5.18. The minimum Gasteiger partial charge on any atom is -0.497 e. The van der Waals surface area contributed by atoms with Crippen molar-refractivity contribution in [1.29, 1.82) is 0 Å². The van der Waals surface area contributed by atoms with Gasteiger partial charge in [-0.2, -0.15) is 0 Å². The van der Waals surface area contributed by atoms with E-state index >= 15 is 0 Å². The van der Waals surface area contributed by atoms with Crippen molar-refractivity contribution in [2.24, 2.45) is 0 Å². The highest BCUT2D eigenvalue weighted by atomic mass is 16.5. The molecule has 0 aliphatic heterocycles. The quantitative estimate of drug-likeness (QED) is 0.640. The molecule has 0 bridgehead atoms. The third-order valence-corrected chi connectivity index (χ3v) is 2.72. The highest BCUT2D eigenvalue weighted by Crippen LogP contribution is 2.25. The van der Waals surface area contributed by atoms with Crippen molar-refractivity contribution >= 4 is 11.6 Å². The molecule has 4 nitrogen and oxygen atoms in total. The Hall–Kier alpha value is -2.15. The summed E-state index contributed by atoms with van der Waals surface area (Å²) in [5.74, 6) is 6.38. The van der Waals surface area contributed by atoms with Gasteiger partial charge in [0.05, 0.1) is 14.2 Å². The van der Waals surface area contributed by atoms with Gasteiger partial charge in [0, 0.05) is 30.3 Å². The smallest absolute Gasteiger partial charge is 0.300 e. The van der Waals surface area contributed by atoms with Crippen LogP contribution in [-0.2, 0) is 4.79 Å². The lowest BCUT2D eigenvalue weighted by Gasteiger charge is -2.08. The lowest BCUT2D eigenvalue weighted by Crippen LogP contribution is -2.08. The largest absolute Gasteiger partial charge is 0.497 e. The Kier molecular flexibility index (Phi) is 7.05. The van der Waals surface area contributed by atoms with Gasteiger partial charge in [-0.25, -0.2) is 0 Å². The number of hydrogen-bond acceptors (Lipinski definition) is 3. The van der Waals surface area contributed by atoms with Gasteiger partial charge in [-0.15, -0.1) is 0 Å². The topological polar surface area (TPSA) is 47.6 Å². The maximum Gasteiger partial charge on any atom is 0.300 e. The summed E-state index contributed by atoms with van der Waals surface area (Å²) in [6.07, 6.45) is 4.08. The summed E-state index contributed by atoms with van der Waals surface area (Å²) in [6.45, 7) is 2.14. The van der Waals surface area contributed by atoms with Gasteiger partial charge in [0.1, 0.15) is 11.5 Å². The predicted octanol–water partition coefficient (Wildman–Crippen LogP) is 3.23. The van der Waals surface area contributed by atoms with E-state index in [0.29, 0.717) is 17.2 Å². The summed E-state index contributed by atoms with van der Waals surface area (Å²) >= 11 is 0. The number of rotatable bonds is 6. The number of methoxy groups -OCH3 is 2. The summed E-state index contributed by atoms with van der Waals surface area (Å²) in [5, 5.41) is 2.71. The SMILES string of the molecule is CCCCCC#CC(=O)Nc1cc(OC)cc(OC)c1. The van der Waals surface area contributed by atoms with Crippen LogP contribution >= 0.6 is 0 Å². The second kappa shape index (κ2) is 8.87. The van der Waals surface area contributed by atoms with Gasteiger partial charge in [-0.05, 0) is 12.3 Å². The maximum atomic E-state index is 11.7. The molecule has 0 radical (unpaired) electrons. The van der Waals surface area contributed by atoms with Crippen LogP contribution in [0.25, 0.3) is 0 Å². The van der Waals surface area contributed by atoms with E-state index in [2.05, 4.69) is 24.1 Å². The first-order valence-electron chi connectivity index (χ1n) is 6.72. The van der Waals surface area contributed by atoms with Crippen molar-refractivity contribution in [2.75, 3.05) is 19.5 Å². The third kappa shape index (κ3) is 5.66. The van der Waals surface area contributed by atoms with Crippen LogP contribution in [0.5, 0.6) is 11.5 Å². The van der Waals surface area contributed by atoms with Gasteiger partial charge < -0.3 is 14.8 Å². The minimum atomic E-state index is -0.322. The molecule has 0 aromatic heterocycles. The first-order chi connectivity index (χ1) is 9.69. The molecule has 0 heterocycles. The molecule has 0 saturated heterocycles. The molecule has 0 spiro atoms. The Bertz CT molecular complexity index is 478. The third-order valence-electron chi connectivity index (χ3n) is 2.72. The molecule has 0 fully saturated rings. The maximum absolute atomic E-state index is 11.7. The number of nitrogens with one attached hydrogen (secondary N) is 1. The molecule has 0 unspecified atom stereocenters. The first kappa shape index (κ1) is 15.9. The van der Waals surface area contributed by atoms with Crippen molar-refractivity contribution in [2.45, 2.75) is 32.6 Å². The number of amides is 1. The van der Waals surface area contributed by atoms with Crippen LogP contribution in [-0.4, -0.2) is 20.1 Å². The fraction of sp³-hybridized carbons (Fsp3) is 0.438. The standard InChI is InChI=1S/C16H21NO3/c1-4-5-6-7-8-9-16(18)17-13-10-14(19-2)12-15(11-13)20-3/h10-12H,4-7H2,1-3H3,(H,17,18). The summed E-state index contributed by atoms with van der Waals surface area (Å²) in [5.41, 5.74) is 0.606. The number of carbonyl (C=O) groups excluding carboxylic acids is 1. The van der Waals surface area contributed by atoms with E-state index in [1.54, 1.807) is 32.4 Å². The van der Waals surface area contributed by atoms with Crippen molar-refractivity contribution in [3.63, 3.8) is 0 Å². The van der Waals surface area contributed by atoms with Crippen LogP contribution in [0, 0.1) is 11.8 Å². The molecule has 0 atom stereocenters. The fourth-order valence-electron chi connectivity index (χ4n) is 1.65. The van der Waals surface area contributed by atoms with Gasteiger partial charge in [0.2, 0.25) is 0 Å². The highest BCUT2D eigenvalue weighted by molar-refractivity contribution is 6.04. The van der Waals surface area contributed by atoms with E-state index in [4.69, 9.17) is 9.47 Å². The molecule has 0 aliphatic carbocycles. The zero-order valence-corrected chi connectivity index (χ0v) is 12.3. The summed E-state index contributed by atoms with van der Waals surface area (Å²) in [4.78, 5) is 11.7. The summed E-state index contributed by atoms with van der Waals surface area (Å²) < 4.78 is 10.3. The number of ether oxygens (including phenoxy) is 2. The van der Waals surface area contributed by atoms with Gasteiger partial charge in [-0.1, -0.05) is 25.7 Å². The number of unbranched alkanes of at least 4 members (excludes halogenated alkanes) is 3. The van der Waals surface area contributed by atoms with Crippen LogP contribution in [0.3, 0.4) is 0 Å². The van der Waals surface area contributed by atoms with E-state index in [-0.39, 0.29) is 5.91 Å². The molecule has 108 valence electrons. The lowest BCUT2D eigenvalue weighted by atomic mass is 10.2. The number of anilines is 1. The summed E-state index contributed by atoms with van der Waals surface area (Å²) in [7, 11) is 3.13. The Balaban J connectivity index is 2.61. The average molecular weight is 275 g/mol. The van der Waals surface area contributed by atoms with Gasteiger partial charge >= 0.3 is 0 Å². The van der Waals surface area contributed by atoms with Crippen molar-refractivity contribution < 1.29 is 14.3 Å². The Morgan fingerprint density at radius 2 is 1.80 bits per heavy atom. The second-order valence-corrected chi connectivity index (χ2v) is 4.31. The van der Waals surface area contributed by atoms with Gasteiger partial charge in [0.25, 0.3) is 5.91 Å². The monoisotopic (exact) mass is 275 g/mol. The average Bonchev–Trinajstić information content (AvgIpc) is 2.46. The van der Waals surface area contributed by atoms with Crippen molar-refractivity contribution in [3.05, 3.63) is 18.2 Å². The molecule has 4 heteroatoms. The lowest BCUT2D eigenvalue weighted by molar-refractivity contribution is -0.111. The molecule has 1 rings (SSSR count). The van der Waals surface area contributed by atoms with Crippen LogP contribution in [0.4, 0.5) is 5.69 Å². The van der Waals surface area contributed by atoms with E-state index < -0.39 is 0 Å². The number of benzene rings is 1. The molecule has 0 aliphatic rings. The minimum absolute atomic E-state index is 0.322. The Morgan fingerprint density at radius 3 is 2.35 bits per heavy atom. The van der Waals surface area contributed by atoms with Crippen molar-refractivity contribution in [1.82, 2.24) is 0 Å². The van der Waals surface area contributed by atoms with Crippen LogP contribution in [0.1, 0.15) is 32.6 Å². The van der Waals surface area contributed by atoms with Crippen LogP contribution in [0.2, 0.25) is 0 Å². The highest BCUT2D eigenvalue weighted by Gasteiger charge is 2.04. The molecule has 1 amide bonds. The molecule has 0 saturated carbocycles. The second-order valence-electron chi connectivity index (χ2n) is 4.31. The van der Waals surface area contributed by atoms with E-state index in [9.17, 15) is 4.79 Å². The zero-order valence-electron chi connectivity index (χ0n) is 12.3. The molecular formula is C16H21NO3. The van der Waals surface area contributed by atoms with E-state index in [1.165, 1.54) is 0 Å². The number of hydrogen-bond donors (Lipinski definition) is 1. The Morgan fingerprint density at radius 1 is 1.15 bits per heavy atom. The van der Waals surface area contributed by atoms with Crippen molar-refractivity contribution in [3.8, 4) is 23.3 Å². The first-order valence-corrected chi connectivity index (χ1v) is 6.72. The number of carbonyl (C=O) groups is 1. The predicted molar refractivity (Wildman–Crippen MR) is 80.1 cm³/mol. The van der Waals surface area contributed by atoms with E-state index in [1.807, 2.05) is 0 Å². The zero-order chi connectivity index (χ0) is 14.8. The van der Waals surface area contributed by atoms with Gasteiger partial charge in [-0.3, -0.25) is 4.79 Å². The Labute approximate surface area is 120 Å². The molecule has 1 aromatic carbocycles. The van der Waals surface area contributed by atoms with E-state index in [0.717, 1.165) is 25.7 Å². The van der Waals surface area contributed by atoms with Crippen LogP contribution in [0.15, 0.2) is 18.2 Å². The normalized spacial score (nSPS) is 9.35. The molecular weight excluding hydrogens is 254 g/mol. The van der Waals surface area contributed by atoms with Gasteiger partial charge in [0.15, 0.2) is 0 Å². The fourth-order valence-corrected chi connectivity index (χ4v) is 1.65. The molecule has 1 N–H and O–H groups in total. The molecule has 1 aromatic rings.